The quantitative estimate of drug-likeness (QED) is 0.226. The molecule has 6 N–H and O–H groups in total. The van der Waals surface area contributed by atoms with Crippen LogP contribution in [0.15, 0.2) is 36.4 Å². The molecule has 0 aliphatic carbocycles. The summed E-state index contributed by atoms with van der Waals surface area (Å²) in [5.74, 6) is -2.96. The lowest BCUT2D eigenvalue weighted by Gasteiger charge is -2.24. The number of hydrogen-bond donors (Lipinski definition) is 6. The maximum Gasteiger partial charge on any atom is 0.336 e. The molecular weight excluding hydrogens is 506 g/mol. The van der Waals surface area contributed by atoms with E-state index in [1.54, 1.807) is 19.1 Å². The van der Waals surface area contributed by atoms with Crippen LogP contribution in [0.1, 0.15) is 30.9 Å². The van der Waals surface area contributed by atoms with Crippen molar-refractivity contribution in [3.8, 4) is 23.0 Å². The van der Waals surface area contributed by atoms with E-state index in [0.29, 0.717) is 25.4 Å². The first kappa shape index (κ1) is 30.2. The van der Waals surface area contributed by atoms with Crippen molar-refractivity contribution in [2.75, 3.05) is 20.4 Å². The number of rotatable bonds is 12. The normalized spacial score (nSPS) is 12.9. The molecule has 1 atom stereocenters. The van der Waals surface area contributed by atoms with Crippen molar-refractivity contribution in [1.29, 1.82) is 0 Å². The lowest BCUT2D eigenvalue weighted by Crippen LogP contribution is -2.42. The Hall–Kier alpha value is -4.07. The molecule has 0 saturated heterocycles. The van der Waals surface area contributed by atoms with Gasteiger partial charge < -0.3 is 44.8 Å². The summed E-state index contributed by atoms with van der Waals surface area (Å²) in [5.41, 5.74) is -0.722. The van der Waals surface area contributed by atoms with E-state index in [4.69, 9.17) is 34.6 Å². The predicted octanol–water partition coefficient (Wildman–Crippen LogP) is 1.26. The average Bonchev–Trinajstić information content (AvgIpc) is 3.26. The van der Waals surface area contributed by atoms with Gasteiger partial charge >= 0.3 is 17.9 Å². The lowest BCUT2D eigenvalue weighted by atomic mass is 9.96. The molecule has 208 valence electrons. The molecule has 1 unspecified atom stereocenters. The van der Waals surface area contributed by atoms with E-state index >= 15 is 0 Å². The summed E-state index contributed by atoms with van der Waals surface area (Å²) >= 11 is 0. The number of aliphatic carboxylic acids is 3. The molecular formula is C25H31NO12. The van der Waals surface area contributed by atoms with Crippen LogP contribution in [0.5, 0.6) is 23.0 Å². The van der Waals surface area contributed by atoms with Crippen molar-refractivity contribution in [3.63, 3.8) is 0 Å². The minimum absolute atomic E-state index is 0.111. The van der Waals surface area contributed by atoms with Crippen LogP contribution < -0.4 is 14.2 Å². The van der Waals surface area contributed by atoms with Crippen molar-refractivity contribution in [1.82, 2.24) is 4.90 Å². The maximum atomic E-state index is 10.3. The third-order valence-electron chi connectivity index (χ3n) is 5.30. The van der Waals surface area contributed by atoms with Gasteiger partial charge in [-0.15, -0.1) is 0 Å². The van der Waals surface area contributed by atoms with Crippen molar-refractivity contribution < 1.29 is 59.2 Å². The molecule has 38 heavy (non-hydrogen) atoms. The number of fused-ring (bicyclic) bond motifs is 1. The highest BCUT2D eigenvalue weighted by Crippen LogP contribution is 2.33. The number of carboxylic acids is 3. The number of benzene rings is 2. The molecule has 3 rings (SSSR count). The second-order valence-corrected chi connectivity index (χ2v) is 8.69. The summed E-state index contributed by atoms with van der Waals surface area (Å²) in [4.78, 5) is 32.6. The van der Waals surface area contributed by atoms with Gasteiger partial charge in [-0.3, -0.25) is 14.5 Å². The molecule has 13 nitrogen and oxygen atoms in total. The SMILES string of the molecule is COc1ccc(CN(Cc2ccc3c(c2)OCO3)CC(C)O)cc1O.O=C(O)CC(O)(CC(=O)O)C(=O)O. The number of methoxy groups -OCH3 is 1. The summed E-state index contributed by atoms with van der Waals surface area (Å²) in [7, 11) is 1.52. The monoisotopic (exact) mass is 537 g/mol. The smallest absolute Gasteiger partial charge is 0.336 e. The number of aliphatic hydroxyl groups excluding tert-OH is 1. The standard InChI is InChI=1S/C19H23NO5.C6H8O7/c1-13(21)9-20(10-14-3-5-17(23-2)16(22)7-14)11-15-4-6-18-19(8-15)25-12-24-18;7-3(8)1-6(13,5(11)12)2-4(9)10/h3-8,13,21-22H,9-12H2,1-2H3;13H,1-2H2,(H,7,8)(H,9,10)(H,11,12). The highest BCUT2D eigenvalue weighted by molar-refractivity contribution is 5.88. The first-order valence-corrected chi connectivity index (χ1v) is 11.4. The van der Waals surface area contributed by atoms with Crippen LogP contribution >= 0.6 is 0 Å². The number of aliphatic hydroxyl groups is 2. The summed E-state index contributed by atoms with van der Waals surface area (Å²) in [6.07, 6.45) is -2.75. The fourth-order valence-corrected chi connectivity index (χ4v) is 3.66. The minimum Gasteiger partial charge on any atom is -0.504 e. The Morgan fingerprint density at radius 3 is 2.03 bits per heavy atom. The fraction of sp³-hybridized carbons (Fsp3) is 0.400. The number of ether oxygens (including phenoxy) is 3. The molecule has 0 aromatic heterocycles. The van der Waals surface area contributed by atoms with Gasteiger partial charge in [-0.2, -0.15) is 0 Å². The molecule has 2 aromatic rings. The maximum absolute atomic E-state index is 10.3. The largest absolute Gasteiger partial charge is 0.504 e. The van der Waals surface area contributed by atoms with Crippen LogP contribution in [0.4, 0.5) is 0 Å². The predicted molar refractivity (Wildman–Crippen MR) is 130 cm³/mol. The number of carboxylic acid groups (broad SMARTS) is 3. The highest BCUT2D eigenvalue weighted by Gasteiger charge is 2.40. The average molecular weight is 538 g/mol. The zero-order valence-corrected chi connectivity index (χ0v) is 20.9. The van der Waals surface area contributed by atoms with Crippen LogP contribution in [0.3, 0.4) is 0 Å². The van der Waals surface area contributed by atoms with E-state index < -0.39 is 42.5 Å². The zero-order valence-electron chi connectivity index (χ0n) is 20.9. The second-order valence-electron chi connectivity index (χ2n) is 8.69. The van der Waals surface area contributed by atoms with Gasteiger partial charge in [0.15, 0.2) is 28.6 Å². The Kier molecular flexibility index (Phi) is 10.7. The minimum atomic E-state index is -2.74. The molecule has 0 fully saturated rings. The van der Waals surface area contributed by atoms with Crippen LogP contribution in [-0.2, 0) is 27.5 Å². The number of carbonyl (C=O) groups is 3. The Bertz CT molecular complexity index is 1120. The zero-order chi connectivity index (χ0) is 28.5. The molecule has 0 amide bonds. The first-order chi connectivity index (χ1) is 17.8. The molecule has 1 aliphatic heterocycles. The Labute approximate surface area is 218 Å². The topological polar surface area (TPSA) is 204 Å². The number of hydrogen-bond acceptors (Lipinski definition) is 10. The first-order valence-electron chi connectivity index (χ1n) is 11.4. The third kappa shape index (κ3) is 9.10. The van der Waals surface area contributed by atoms with E-state index in [1.807, 2.05) is 24.3 Å². The highest BCUT2D eigenvalue weighted by atomic mass is 16.7. The van der Waals surface area contributed by atoms with Crippen molar-refractivity contribution in [3.05, 3.63) is 47.5 Å². The Morgan fingerprint density at radius 2 is 1.53 bits per heavy atom. The number of nitrogens with zero attached hydrogens (tertiary/aromatic N) is 1. The number of phenols is 1. The molecule has 2 aromatic carbocycles. The third-order valence-corrected chi connectivity index (χ3v) is 5.30. The van der Waals surface area contributed by atoms with Gasteiger partial charge in [-0.05, 0) is 42.3 Å². The van der Waals surface area contributed by atoms with Gasteiger partial charge in [0.1, 0.15) is 0 Å². The Morgan fingerprint density at radius 1 is 0.974 bits per heavy atom. The van der Waals surface area contributed by atoms with Gasteiger partial charge in [0.25, 0.3) is 0 Å². The van der Waals surface area contributed by atoms with Gasteiger partial charge in [-0.1, -0.05) is 12.1 Å². The van der Waals surface area contributed by atoms with Crippen molar-refractivity contribution >= 4 is 17.9 Å². The van der Waals surface area contributed by atoms with Crippen LogP contribution in [0.2, 0.25) is 0 Å². The number of phenolic OH excluding ortho intramolecular Hbond substituents is 1. The van der Waals surface area contributed by atoms with Gasteiger partial charge in [-0.25, -0.2) is 4.79 Å². The summed E-state index contributed by atoms with van der Waals surface area (Å²) < 4.78 is 15.8. The molecule has 0 radical (unpaired) electrons. The molecule has 1 aliphatic rings. The molecule has 13 heteroatoms. The second kappa shape index (κ2) is 13.5. The molecule has 0 bridgehead atoms. The molecule has 1 heterocycles. The van der Waals surface area contributed by atoms with E-state index in [-0.39, 0.29) is 12.5 Å². The van der Waals surface area contributed by atoms with E-state index in [1.165, 1.54) is 7.11 Å². The summed E-state index contributed by atoms with van der Waals surface area (Å²) in [5, 5.41) is 53.6. The fourth-order valence-electron chi connectivity index (χ4n) is 3.66. The van der Waals surface area contributed by atoms with Crippen LogP contribution in [-0.4, -0.2) is 85.6 Å². The van der Waals surface area contributed by atoms with Crippen LogP contribution in [0.25, 0.3) is 0 Å². The van der Waals surface area contributed by atoms with Gasteiger partial charge in [0.05, 0.1) is 26.1 Å². The lowest BCUT2D eigenvalue weighted by molar-refractivity contribution is -0.170. The van der Waals surface area contributed by atoms with Crippen molar-refractivity contribution in [2.45, 2.75) is 44.6 Å². The van der Waals surface area contributed by atoms with Gasteiger partial charge in [0, 0.05) is 19.6 Å². The van der Waals surface area contributed by atoms with E-state index in [0.717, 1.165) is 22.6 Å². The van der Waals surface area contributed by atoms with E-state index in [2.05, 4.69) is 4.90 Å². The molecule has 0 saturated carbocycles. The van der Waals surface area contributed by atoms with Gasteiger partial charge in [0.2, 0.25) is 6.79 Å². The summed E-state index contributed by atoms with van der Waals surface area (Å²) in [6, 6.07) is 11.2. The molecule has 0 spiro atoms. The Balaban J connectivity index is 0.000000332. The van der Waals surface area contributed by atoms with Crippen molar-refractivity contribution in [2.24, 2.45) is 0 Å². The van der Waals surface area contributed by atoms with E-state index in [9.17, 15) is 24.6 Å². The number of aromatic hydroxyl groups is 1. The van der Waals surface area contributed by atoms with Crippen LogP contribution in [0, 0.1) is 0 Å². The summed E-state index contributed by atoms with van der Waals surface area (Å²) in [6.45, 7) is 3.77.